The molecule has 7 rings (SSSR count). The first-order chi connectivity index (χ1) is 30.9. The third kappa shape index (κ3) is 9.88. The number of methoxy groups -OCH3 is 1. The van der Waals surface area contributed by atoms with Gasteiger partial charge in [-0.05, 0) is 120 Å². The standard InChI is InChI=1S/C46H57F3N6O10S/c1-25(2)64-31-13-17-35(50-23-31)36-20-28-19-30(63-7)12-16-34(28)40(51-36)65-32-21-37-39(56)52-45(42(58)53-66(61,62)33-14-15-33)22-29(45)11-9-8-10-26(3)18-27(4)38(41(57)54(37)24-32)55(43(59)60)44(5,6)46(47,48)49/h9,11-13,16-17,19-20,23,25-27,29,32-33,37-38H,8,10,14-15,18,21-22,24H2,1-7H3,(H,52,56)(H,53,58)(H,59,60)/b11-9-/t26-,27+,29+,32+,37-,38-,45+/m0/s1. The second-order valence-electron chi connectivity index (χ2n) is 18.9. The molecule has 20 heteroatoms. The van der Waals surface area contributed by atoms with Crippen LogP contribution in [-0.4, -0.2) is 118 Å². The molecule has 2 saturated carbocycles. The van der Waals surface area contributed by atoms with Crippen LogP contribution in [-0.2, 0) is 24.4 Å². The number of nitrogens with one attached hydrogen (secondary N) is 2. The highest BCUT2D eigenvalue weighted by molar-refractivity contribution is 7.91. The van der Waals surface area contributed by atoms with E-state index in [2.05, 4.69) is 15.0 Å². The van der Waals surface area contributed by atoms with Crippen molar-refractivity contribution in [2.45, 2.75) is 133 Å². The molecule has 2 aliphatic heterocycles. The lowest BCUT2D eigenvalue weighted by Gasteiger charge is -2.45. The van der Waals surface area contributed by atoms with Crippen molar-refractivity contribution in [3.05, 3.63) is 54.7 Å². The predicted molar refractivity (Wildman–Crippen MR) is 236 cm³/mol. The van der Waals surface area contributed by atoms with Crippen molar-refractivity contribution in [1.29, 1.82) is 0 Å². The number of aromatic nitrogens is 2. The predicted octanol–water partition coefficient (Wildman–Crippen LogP) is 6.63. The Morgan fingerprint density at radius 1 is 1.03 bits per heavy atom. The van der Waals surface area contributed by atoms with Crippen molar-refractivity contribution in [3.8, 4) is 28.8 Å². The number of allylic oxidation sites excluding steroid dienone is 1. The van der Waals surface area contributed by atoms with Crippen LogP contribution in [0.5, 0.6) is 17.4 Å². The van der Waals surface area contributed by atoms with Crippen molar-refractivity contribution in [3.63, 3.8) is 0 Å². The van der Waals surface area contributed by atoms with Crippen LogP contribution in [0.3, 0.4) is 0 Å². The van der Waals surface area contributed by atoms with E-state index in [9.17, 15) is 41.1 Å². The van der Waals surface area contributed by atoms with Gasteiger partial charge in [0.15, 0.2) is 0 Å². The number of carbonyl (C=O) groups excluding carboxylic acids is 3. The normalized spacial score (nSPS) is 26.9. The number of hydrogen-bond acceptors (Lipinski definition) is 11. The number of alkyl halides is 3. The Bertz CT molecular complexity index is 2500. The van der Waals surface area contributed by atoms with Gasteiger partial charge in [-0.15, -0.1) is 0 Å². The summed E-state index contributed by atoms with van der Waals surface area (Å²) < 4.78 is 90.6. The lowest BCUT2D eigenvalue weighted by atomic mass is 9.85. The van der Waals surface area contributed by atoms with Gasteiger partial charge in [-0.25, -0.2) is 18.2 Å². The quantitative estimate of drug-likeness (QED) is 0.173. The molecule has 4 heterocycles. The number of ether oxygens (including phenoxy) is 3. The zero-order valence-electron chi connectivity index (χ0n) is 37.9. The Labute approximate surface area is 381 Å². The number of carbonyl (C=O) groups is 4. The smallest absolute Gasteiger partial charge is 0.411 e. The van der Waals surface area contributed by atoms with E-state index in [0.29, 0.717) is 73.2 Å². The van der Waals surface area contributed by atoms with Crippen LogP contribution in [0.4, 0.5) is 18.0 Å². The molecule has 0 radical (unpaired) electrons. The number of benzene rings is 1. The third-order valence-electron chi connectivity index (χ3n) is 13.0. The van der Waals surface area contributed by atoms with E-state index in [1.54, 1.807) is 54.7 Å². The number of amides is 4. The zero-order valence-corrected chi connectivity index (χ0v) is 38.7. The second-order valence-corrected chi connectivity index (χ2v) is 20.8. The molecule has 4 aliphatic rings. The number of hydrogen-bond donors (Lipinski definition) is 3. The van der Waals surface area contributed by atoms with Gasteiger partial charge in [0.2, 0.25) is 27.7 Å². The Morgan fingerprint density at radius 3 is 2.36 bits per heavy atom. The first-order valence-electron chi connectivity index (χ1n) is 22.2. The van der Waals surface area contributed by atoms with Crippen LogP contribution in [0, 0.1) is 17.8 Å². The van der Waals surface area contributed by atoms with Gasteiger partial charge in [0.25, 0.3) is 5.91 Å². The average molecular weight is 943 g/mol. The van der Waals surface area contributed by atoms with E-state index < -0.39 is 92.9 Å². The Kier molecular flexibility index (Phi) is 13.3. The summed E-state index contributed by atoms with van der Waals surface area (Å²) in [6.07, 6.45) is -1.59. The molecular weight excluding hydrogens is 886 g/mol. The summed E-state index contributed by atoms with van der Waals surface area (Å²) in [4.78, 5) is 67.6. The van der Waals surface area contributed by atoms with E-state index in [4.69, 9.17) is 19.2 Å². The van der Waals surface area contributed by atoms with Crippen LogP contribution in [0.15, 0.2) is 54.7 Å². The maximum Gasteiger partial charge on any atom is 0.411 e. The van der Waals surface area contributed by atoms with E-state index in [1.165, 1.54) is 14.0 Å². The fourth-order valence-electron chi connectivity index (χ4n) is 9.07. The number of fused-ring (bicyclic) bond motifs is 3. The first-order valence-corrected chi connectivity index (χ1v) is 23.7. The highest BCUT2D eigenvalue weighted by Gasteiger charge is 2.63. The van der Waals surface area contributed by atoms with Gasteiger partial charge >= 0.3 is 12.3 Å². The molecular formula is C46H57F3N6O10S. The first kappa shape index (κ1) is 48.3. The molecule has 3 fully saturated rings. The van der Waals surface area contributed by atoms with E-state index in [0.717, 1.165) is 4.90 Å². The molecule has 66 heavy (non-hydrogen) atoms. The topological polar surface area (TPSA) is 207 Å². The number of rotatable bonds is 11. The third-order valence-corrected chi connectivity index (χ3v) is 14.8. The molecule has 3 aromatic rings. The fourth-order valence-corrected chi connectivity index (χ4v) is 10.4. The minimum absolute atomic E-state index is 0.0361. The zero-order chi connectivity index (χ0) is 48.1. The molecule has 1 saturated heterocycles. The minimum atomic E-state index is -5.12. The molecule has 1 aromatic carbocycles. The monoisotopic (exact) mass is 942 g/mol. The van der Waals surface area contributed by atoms with Gasteiger partial charge in [0.1, 0.15) is 40.8 Å². The largest absolute Gasteiger partial charge is 0.497 e. The second kappa shape index (κ2) is 18.2. The van der Waals surface area contributed by atoms with Crippen LogP contribution >= 0.6 is 0 Å². The minimum Gasteiger partial charge on any atom is -0.497 e. The number of carboxylic acid groups (broad SMARTS) is 1. The van der Waals surface area contributed by atoms with E-state index in [1.807, 2.05) is 20.8 Å². The molecule has 3 N–H and O–H groups in total. The maximum atomic E-state index is 15.2. The number of nitrogens with zero attached hydrogens (tertiary/aromatic N) is 4. The van der Waals surface area contributed by atoms with Gasteiger partial charge in [-0.3, -0.25) is 29.0 Å². The van der Waals surface area contributed by atoms with Crippen LogP contribution in [0.1, 0.15) is 86.5 Å². The number of sulfonamides is 1. The summed E-state index contributed by atoms with van der Waals surface area (Å²) in [6.45, 7) is 8.10. The molecule has 0 spiro atoms. The molecule has 2 aliphatic carbocycles. The summed E-state index contributed by atoms with van der Waals surface area (Å²) in [7, 11) is -2.55. The van der Waals surface area contributed by atoms with Crippen molar-refractivity contribution in [1.82, 2.24) is 29.8 Å². The molecule has 7 atom stereocenters. The summed E-state index contributed by atoms with van der Waals surface area (Å²) in [5.74, 6) is -3.63. The molecule has 4 amide bonds. The molecule has 16 nitrogen and oxygen atoms in total. The summed E-state index contributed by atoms with van der Waals surface area (Å²) >= 11 is 0. The average Bonchev–Trinajstić information content (AvgIpc) is 4.17. The Balaban J connectivity index is 1.31. The highest BCUT2D eigenvalue weighted by atomic mass is 32.2. The molecule has 358 valence electrons. The van der Waals surface area contributed by atoms with E-state index in [-0.39, 0.29) is 42.1 Å². The van der Waals surface area contributed by atoms with Gasteiger partial charge in [0, 0.05) is 17.7 Å². The van der Waals surface area contributed by atoms with Crippen molar-refractivity contribution >= 4 is 44.6 Å². The summed E-state index contributed by atoms with van der Waals surface area (Å²) in [5, 5.41) is 13.7. The van der Waals surface area contributed by atoms with Gasteiger partial charge in [-0.2, -0.15) is 13.2 Å². The summed E-state index contributed by atoms with van der Waals surface area (Å²) in [6, 6.07) is 6.91. The van der Waals surface area contributed by atoms with Gasteiger partial charge < -0.3 is 29.5 Å². The van der Waals surface area contributed by atoms with Gasteiger partial charge in [0.05, 0.1) is 42.6 Å². The molecule has 0 bridgehead atoms. The van der Waals surface area contributed by atoms with Crippen molar-refractivity contribution in [2.24, 2.45) is 17.8 Å². The fraction of sp³-hybridized carbons (Fsp3) is 0.565. The lowest BCUT2D eigenvalue weighted by molar-refractivity contribution is -0.222. The van der Waals surface area contributed by atoms with Crippen molar-refractivity contribution < 1.29 is 60.1 Å². The molecule has 2 aromatic heterocycles. The lowest BCUT2D eigenvalue weighted by Crippen LogP contribution is -2.66. The van der Waals surface area contributed by atoms with E-state index >= 15 is 4.79 Å². The summed E-state index contributed by atoms with van der Waals surface area (Å²) in [5.41, 5.74) is -3.98. The highest BCUT2D eigenvalue weighted by Crippen LogP contribution is 2.47. The molecule has 0 unspecified atom stereocenters. The van der Waals surface area contributed by atoms with Crippen molar-refractivity contribution in [2.75, 3.05) is 13.7 Å². The Morgan fingerprint density at radius 2 is 1.74 bits per heavy atom. The van der Waals surface area contributed by atoms with Crippen LogP contribution in [0.2, 0.25) is 0 Å². The van der Waals surface area contributed by atoms with Gasteiger partial charge in [-0.1, -0.05) is 26.0 Å². The number of pyridine rings is 2. The maximum absolute atomic E-state index is 15.2. The van der Waals surface area contributed by atoms with Crippen LogP contribution < -0.4 is 24.2 Å². The van der Waals surface area contributed by atoms with Crippen LogP contribution in [0.25, 0.3) is 22.2 Å². The SMILES string of the molecule is COc1ccc2c(O[C@@H]3C[C@H]4C(=O)N[C@]5(C(=O)NS(=O)(=O)C6CC6)C[C@H]5/C=C\CC[C@H](C)C[C@@H](C)[C@H](N(C(=O)O)C(C)(C)C(F)(F)F)C(=O)N4C3)nc(-c3ccc(OC(C)C)cn3)cc2c1. The number of halogens is 3. The Hall–Kier alpha value is -5.66.